The van der Waals surface area contributed by atoms with Crippen LogP contribution >= 0.6 is 0 Å². The van der Waals surface area contributed by atoms with Gasteiger partial charge in [-0.15, -0.1) is 0 Å². The Kier molecular flexibility index (Phi) is 10.0. The minimum atomic E-state index is -0.439. The van der Waals surface area contributed by atoms with Crippen LogP contribution in [0.5, 0.6) is 0 Å². The molecule has 2 aliphatic rings. The van der Waals surface area contributed by atoms with Crippen LogP contribution in [0.25, 0.3) is 0 Å². The summed E-state index contributed by atoms with van der Waals surface area (Å²) in [5, 5.41) is 6.74. The van der Waals surface area contributed by atoms with Gasteiger partial charge in [0.2, 0.25) is 0 Å². The smallest absolute Gasteiger partial charge is 0.410 e. The zero-order valence-corrected chi connectivity index (χ0v) is 19.0. The third kappa shape index (κ3) is 10.7. The molecule has 0 aromatic heterocycles. The first kappa shape index (κ1) is 23.8. The van der Waals surface area contributed by atoms with E-state index in [2.05, 4.69) is 22.5 Å². The Hall–Kier alpha value is -1.50. The van der Waals surface area contributed by atoms with E-state index in [0.717, 1.165) is 83.5 Å². The predicted molar refractivity (Wildman–Crippen MR) is 117 cm³/mol. The van der Waals surface area contributed by atoms with Gasteiger partial charge in [-0.3, -0.25) is 4.99 Å². The van der Waals surface area contributed by atoms with Crippen molar-refractivity contribution in [3.8, 4) is 0 Å². The molecule has 0 bridgehead atoms. The molecule has 1 saturated carbocycles. The maximum absolute atomic E-state index is 12.3. The Morgan fingerprint density at radius 2 is 1.97 bits per heavy atom. The predicted octanol–water partition coefficient (Wildman–Crippen LogP) is 3.40. The van der Waals surface area contributed by atoms with Gasteiger partial charge in [-0.2, -0.15) is 0 Å². The summed E-state index contributed by atoms with van der Waals surface area (Å²) in [7, 11) is 0. The molecule has 1 unspecified atom stereocenters. The van der Waals surface area contributed by atoms with Crippen molar-refractivity contribution in [2.75, 3.05) is 45.9 Å². The molecular weight excluding hydrogens is 368 g/mol. The highest BCUT2D eigenvalue weighted by molar-refractivity contribution is 5.79. The third-order valence-corrected chi connectivity index (χ3v) is 5.13. The van der Waals surface area contributed by atoms with Crippen molar-refractivity contribution in [1.29, 1.82) is 0 Å². The monoisotopic (exact) mass is 410 g/mol. The van der Waals surface area contributed by atoms with E-state index in [4.69, 9.17) is 9.47 Å². The van der Waals surface area contributed by atoms with E-state index in [1.54, 1.807) is 0 Å². The van der Waals surface area contributed by atoms with Crippen LogP contribution in [0.1, 0.15) is 66.2 Å². The number of carbonyl (C=O) groups excluding carboxylic acids is 1. The standard InChI is InChI=1S/C22H42N4O3/c1-5-23-20(24-12-7-15-28-17-19-9-10-19)25-13-11-18-8-6-14-26(16-18)21(27)29-22(2,3)4/h18-19H,5-17H2,1-4H3,(H2,23,24,25). The van der Waals surface area contributed by atoms with Gasteiger partial charge in [-0.25, -0.2) is 4.79 Å². The largest absolute Gasteiger partial charge is 0.444 e. The lowest BCUT2D eigenvalue weighted by Gasteiger charge is -2.34. The Balaban J connectivity index is 1.63. The molecule has 1 heterocycles. The van der Waals surface area contributed by atoms with E-state index >= 15 is 0 Å². The van der Waals surface area contributed by atoms with Crippen LogP contribution < -0.4 is 10.6 Å². The molecule has 168 valence electrons. The summed E-state index contributed by atoms with van der Waals surface area (Å²) in [5.41, 5.74) is -0.439. The van der Waals surface area contributed by atoms with Gasteiger partial charge >= 0.3 is 6.09 Å². The zero-order chi connectivity index (χ0) is 21.1. The normalized spacial score (nSPS) is 20.5. The summed E-state index contributed by atoms with van der Waals surface area (Å²) < 4.78 is 11.2. The van der Waals surface area contributed by atoms with Crippen molar-refractivity contribution < 1.29 is 14.3 Å². The Bertz CT molecular complexity index is 515. The first-order valence-electron chi connectivity index (χ1n) is 11.4. The molecule has 7 nitrogen and oxygen atoms in total. The minimum Gasteiger partial charge on any atom is -0.444 e. The second kappa shape index (κ2) is 12.3. The number of ether oxygens (including phenoxy) is 2. The zero-order valence-electron chi connectivity index (χ0n) is 19.0. The van der Waals surface area contributed by atoms with Gasteiger partial charge in [0.1, 0.15) is 5.60 Å². The molecule has 2 fully saturated rings. The average Bonchev–Trinajstić information content (AvgIpc) is 3.48. The van der Waals surface area contributed by atoms with Gasteiger partial charge in [0.05, 0.1) is 0 Å². The van der Waals surface area contributed by atoms with Crippen LogP contribution in [0.4, 0.5) is 4.79 Å². The molecule has 2 N–H and O–H groups in total. The molecule has 0 spiro atoms. The van der Waals surface area contributed by atoms with Crippen molar-refractivity contribution in [1.82, 2.24) is 15.5 Å². The SMILES string of the molecule is CCNC(=NCCCOCC1CC1)NCCC1CCCN(C(=O)OC(C)(C)C)C1. The maximum Gasteiger partial charge on any atom is 0.410 e. The summed E-state index contributed by atoms with van der Waals surface area (Å²) in [5.74, 6) is 2.19. The molecule has 29 heavy (non-hydrogen) atoms. The molecule has 7 heteroatoms. The van der Waals surface area contributed by atoms with Crippen LogP contribution in [0.15, 0.2) is 4.99 Å². The van der Waals surface area contributed by atoms with Gasteiger partial charge < -0.3 is 25.0 Å². The van der Waals surface area contributed by atoms with E-state index < -0.39 is 5.60 Å². The molecular formula is C22H42N4O3. The third-order valence-electron chi connectivity index (χ3n) is 5.13. The van der Waals surface area contributed by atoms with Crippen molar-refractivity contribution in [3.63, 3.8) is 0 Å². The Morgan fingerprint density at radius 3 is 2.66 bits per heavy atom. The summed E-state index contributed by atoms with van der Waals surface area (Å²) in [4.78, 5) is 18.8. The van der Waals surface area contributed by atoms with Gasteiger partial charge in [-0.1, -0.05) is 0 Å². The average molecular weight is 411 g/mol. The number of nitrogens with one attached hydrogen (secondary N) is 2. The molecule has 1 aliphatic carbocycles. The van der Waals surface area contributed by atoms with E-state index in [-0.39, 0.29) is 6.09 Å². The number of nitrogens with zero attached hydrogens (tertiary/aromatic N) is 2. The van der Waals surface area contributed by atoms with Crippen molar-refractivity contribution in [3.05, 3.63) is 0 Å². The Labute approximate surface area is 177 Å². The lowest BCUT2D eigenvalue weighted by atomic mass is 9.95. The lowest BCUT2D eigenvalue weighted by Crippen LogP contribution is -2.44. The molecule has 1 amide bonds. The number of guanidine groups is 1. The molecule has 0 radical (unpaired) electrons. The number of rotatable bonds is 10. The number of amides is 1. The van der Waals surface area contributed by atoms with E-state index in [1.165, 1.54) is 12.8 Å². The fourth-order valence-electron chi connectivity index (χ4n) is 3.42. The Morgan fingerprint density at radius 1 is 1.17 bits per heavy atom. The molecule has 1 aliphatic heterocycles. The molecule has 2 rings (SSSR count). The lowest BCUT2D eigenvalue weighted by molar-refractivity contribution is 0.0162. The molecule has 0 aromatic rings. The highest BCUT2D eigenvalue weighted by Gasteiger charge is 2.27. The first-order chi connectivity index (χ1) is 13.9. The van der Waals surface area contributed by atoms with Crippen LogP contribution in [0.3, 0.4) is 0 Å². The van der Waals surface area contributed by atoms with E-state index in [9.17, 15) is 4.79 Å². The highest BCUT2D eigenvalue weighted by Crippen LogP contribution is 2.28. The van der Waals surface area contributed by atoms with Gasteiger partial charge in [-0.05, 0) is 78.1 Å². The minimum absolute atomic E-state index is 0.186. The fourth-order valence-corrected chi connectivity index (χ4v) is 3.42. The van der Waals surface area contributed by atoms with Gasteiger partial charge in [0.25, 0.3) is 0 Å². The molecule has 0 aromatic carbocycles. The van der Waals surface area contributed by atoms with Crippen LogP contribution in [-0.2, 0) is 9.47 Å². The van der Waals surface area contributed by atoms with Crippen molar-refractivity contribution in [2.24, 2.45) is 16.8 Å². The molecule has 1 atom stereocenters. The topological polar surface area (TPSA) is 75.2 Å². The fraction of sp³-hybridized carbons (Fsp3) is 0.909. The molecule has 1 saturated heterocycles. The van der Waals surface area contributed by atoms with Gasteiger partial charge in [0, 0.05) is 45.9 Å². The van der Waals surface area contributed by atoms with E-state index in [1.807, 2.05) is 25.7 Å². The summed E-state index contributed by atoms with van der Waals surface area (Å²) in [6, 6.07) is 0. The number of likely N-dealkylation sites (tertiary alicyclic amines) is 1. The second-order valence-electron chi connectivity index (χ2n) is 9.28. The van der Waals surface area contributed by atoms with Crippen molar-refractivity contribution >= 4 is 12.1 Å². The number of hydrogen-bond acceptors (Lipinski definition) is 4. The first-order valence-corrected chi connectivity index (χ1v) is 11.4. The number of hydrogen-bond donors (Lipinski definition) is 2. The number of carbonyl (C=O) groups is 1. The second-order valence-corrected chi connectivity index (χ2v) is 9.28. The summed E-state index contributed by atoms with van der Waals surface area (Å²) >= 11 is 0. The number of piperidine rings is 1. The maximum atomic E-state index is 12.3. The van der Waals surface area contributed by atoms with Crippen LogP contribution in [0.2, 0.25) is 0 Å². The van der Waals surface area contributed by atoms with Crippen LogP contribution in [0, 0.1) is 11.8 Å². The van der Waals surface area contributed by atoms with Crippen LogP contribution in [-0.4, -0.2) is 68.5 Å². The van der Waals surface area contributed by atoms with Crippen molar-refractivity contribution in [2.45, 2.75) is 71.8 Å². The van der Waals surface area contributed by atoms with Gasteiger partial charge in [0.15, 0.2) is 5.96 Å². The van der Waals surface area contributed by atoms with E-state index in [0.29, 0.717) is 5.92 Å². The summed E-state index contributed by atoms with van der Waals surface area (Å²) in [6.45, 7) is 13.6. The summed E-state index contributed by atoms with van der Waals surface area (Å²) in [6.07, 6.45) is 6.66. The quantitative estimate of drug-likeness (QED) is 0.328. The number of aliphatic imine (C=N–C) groups is 1. The highest BCUT2D eigenvalue weighted by atomic mass is 16.6.